The van der Waals surface area contributed by atoms with Crippen molar-refractivity contribution < 1.29 is 0 Å². The molecule has 5 rings (SSSR count). The van der Waals surface area contributed by atoms with Gasteiger partial charge in [-0.25, -0.2) is 9.97 Å². The molecule has 0 N–H and O–H groups in total. The Labute approximate surface area is 126 Å². The minimum absolute atomic E-state index is 0.271. The van der Waals surface area contributed by atoms with Crippen molar-refractivity contribution in [3.63, 3.8) is 0 Å². The van der Waals surface area contributed by atoms with E-state index in [1.165, 1.54) is 16.3 Å². The highest BCUT2D eigenvalue weighted by Gasteiger charge is 2.44. The van der Waals surface area contributed by atoms with Crippen LogP contribution >= 0.6 is 11.3 Å². The Morgan fingerprint density at radius 2 is 2.00 bits per heavy atom. The fourth-order valence-electron chi connectivity index (χ4n) is 3.33. The maximum atomic E-state index is 4.54. The van der Waals surface area contributed by atoms with Gasteiger partial charge in [-0.05, 0) is 29.1 Å². The molecule has 0 saturated heterocycles. The van der Waals surface area contributed by atoms with Crippen LogP contribution in [0.3, 0.4) is 0 Å². The molecule has 2 aliphatic heterocycles. The summed E-state index contributed by atoms with van der Waals surface area (Å²) in [5, 5.41) is 3.36. The highest BCUT2D eigenvalue weighted by atomic mass is 32.1. The first-order chi connectivity index (χ1) is 10.4. The van der Waals surface area contributed by atoms with E-state index in [0.717, 1.165) is 17.9 Å². The average molecular weight is 292 g/mol. The van der Waals surface area contributed by atoms with Crippen molar-refractivity contribution in [3.8, 4) is 0 Å². The number of aromatic nitrogens is 2. The molecule has 1 unspecified atom stereocenters. The van der Waals surface area contributed by atoms with Crippen LogP contribution in [0.15, 0.2) is 54.3 Å². The minimum Gasteiger partial charge on any atom is -0.307 e. The summed E-state index contributed by atoms with van der Waals surface area (Å²) in [6.07, 6.45) is 4.83. The Morgan fingerprint density at radius 3 is 2.90 bits per heavy atom. The van der Waals surface area contributed by atoms with Crippen LogP contribution in [-0.2, 0) is 6.42 Å². The van der Waals surface area contributed by atoms with Crippen LogP contribution in [0.4, 0.5) is 22.2 Å². The van der Waals surface area contributed by atoms with Gasteiger partial charge in [-0.3, -0.25) is 0 Å². The molecule has 0 spiro atoms. The monoisotopic (exact) mass is 292 g/mol. The first-order valence-corrected chi connectivity index (χ1v) is 7.81. The largest absolute Gasteiger partial charge is 0.307 e. The lowest BCUT2D eigenvalue weighted by Crippen LogP contribution is -2.35. The molecule has 4 nitrogen and oxygen atoms in total. The van der Waals surface area contributed by atoms with Crippen LogP contribution in [-0.4, -0.2) is 16.1 Å². The Hall–Kier alpha value is -2.40. The SMILES string of the molecule is c1csc(N2c3cncnc3N3c4ccccc4CC23)c1. The number of hydrogen-bond acceptors (Lipinski definition) is 5. The van der Waals surface area contributed by atoms with E-state index in [2.05, 4.69) is 61.5 Å². The summed E-state index contributed by atoms with van der Waals surface area (Å²) < 4.78 is 0. The molecule has 1 atom stereocenters. The van der Waals surface area contributed by atoms with Gasteiger partial charge >= 0.3 is 0 Å². The highest BCUT2D eigenvalue weighted by Crippen LogP contribution is 2.51. The van der Waals surface area contributed by atoms with E-state index in [-0.39, 0.29) is 6.17 Å². The van der Waals surface area contributed by atoms with Crippen molar-refractivity contribution in [1.82, 2.24) is 9.97 Å². The van der Waals surface area contributed by atoms with Gasteiger partial charge in [0, 0.05) is 12.1 Å². The van der Waals surface area contributed by atoms with Crippen LogP contribution in [0.2, 0.25) is 0 Å². The van der Waals surface area contributed by atoms with Gasteiger partial charge in [-0.15, -0.1) is 11.3 Å². The zero-order valence-corrected chi connectivity index (χ0v) is 12.0. The molecule has 0 bridgehead atoms. The molecule has 2 aliphatic rings. The molecule has 3 aromatic rings. The van der Waals surface area contributed by atoms with E-state index in [4.69, 9.17) is 0 Å². The number of hydrogen-bond donors (Lipinski definition) is 0. The lowest BCUT2D eigenvalue weighted by atomic mass is 10.1. The number of benzene rings is 1. The van der Waals surface area contributed by atoms with Gasteiger partial charge in [0.05, 0.1) is 11.2 Å². The summed E-state index contributed by atoms with van der Waals surface area (Å²) in [5.41, 5.74) is 3.74. The molecule has 0 fully saturated rings. The lowest BCUT2D eigenvalue weighted by Gasteiger charge is -2.25. The van der Waals surface area contributed by atoms with Crippen molar-refractivity contribution in [2.75, 3.05) is 9.80 Å². The third kappa shape index (κ3) is 1.44. The minimum atomic E-state index is 0.271. The van der Waals surface area contributed by atoms with Gasteiger partial charge in [-0.2, -0.15) is 0 Å². The zero-order valence-electron chi connectivity index (χ0n) is 11.2. The molecule has 5 heteroatoms. The third-order valence-electron chi connectivity index (χ3n) is 4.15. The van der Waals surface area contributed by atoms with Gasteiger partial charge in [-0.1, -0.05) is 18.2 Å². The standard InChI is InChI=1S/C16H12N4S/c1-2-5-12-11(4-1)8-14-19(15-6-3-7-21-15)13-9-17-10-18-16(13)20(12)14/h1-7,9-10,14H,8H2. The average Bonchev–Trinajstić information content (AvgIpc) is 3.21. The molecule has 0 amide bonds. The highest BCUT2D eigenvalue weighted by molar-refractivity contribution is 7.14. The number of rotatable bonds is 1. The summed E-state index contributed by atoms with van der Waals surface area (Å²) in [5.74, 6) is 1.01. The second kappa shape index (κ2) is 4.05. The quantitative estimate of drug-likeness (QED) is 0.684. The van der Waals surface area contributed by atoms with Crippen molar-refractivity contribution >= 4 is 33.5 Å². The smallest absolute Gasteiger partial charge is 0.162 e. The van der Waals surface area contributed by atoms with Crippen LogP contribution in [0.25, 0.3) is 0 Å². The Kier molecular flexibility index (Phi) is 2.18. The molecule has 0 radical (unpaired) electrons. The molecule has 21 heavy (non-hydrogen) atoms. The second-order valence-electron chi connectivity index (χ2n) is 5.24. The number of para-hydroxylation sites is 1. The van der Waals surface area contributed by atoms with Gasteiger partial charge in [0.1, 0.15) is 18.2 Å². The van der Waals surface area contributed by atoms with Crippen LogP contribution in [0.5, 0.6) is 0 Å². The van der Waals surface area contributed by atoms with Crippen LogP contribution in [0.1, 0.15) is 5.56 Å². The summed E-state index contributed by atoms with van der Waals surface area (Å²) in [6.45, 7) is 0. The summed E-state index contributed by atoms with van der Waals surface area (Å²) >= 11 is 1.76. The fraction of sp³-hybridized carbons (Fsp3) is 0.125. The van der Waals surface area contributed by atoms with Gasteiger partial charge < -0.3 is 9.80 Å². The van der Waals surface area contributed by atoms with Gasteiger partial charge in [0.25, 0.3) is 0 Å². The Morgan fingerprint density at radius 1 is 1.05 bits per heavy atom. The molecule has 102 valence electrons. The number of fused-ring (bicyclic) bond motifs is 5. The predicted molar refractivity (Wildman–Crippen MR) is 84.6 cm³/mol. The van der Waals surface area contributed by atoms with Crippen molar-refractivity contribution in [1.29, 1.82) is 0 Å². The molecule has 4 heterocycles. The molecule has 0 aliphatic carbocycles. The number of nitrogens with zero attached hydrogens (tertiary/aromatic N) is 4. The van der Waals surface area contributed by atoms with Gasteiger partial charge in [0.2, 0.25) is 0 Å². The van der Waals surface area contributed by atoms with E-state index in [1.54, 1.807) is 17.7 Å². The maximum absolute atomic E-state index is 4.54. The van der Waals surface area contributed by atoms with Crippen LogP contribution in [0, 0.1) is 0 Å². The lowest BCUT2D eigenvalue weighted by molar-refractivity contribution is 0.730. The Bertz CT molecular complexity index is 813. The number of anilines is 4. The van der Waals surface area contributed by atoms with E-state index in [9.17, 15) is 0 Å². The second-order valence-corrected chi connectivity index (χ2v) is 6.16. The summed E-state index contributed by atoms with van der Waals surface area (Å²) in [6, 6.07) is 12.8. The van der Waals surface area contributed by atoms with E-state index in [1.807, 2.05) is 6.20 Å². The fourth-order valence-corrected chi connectivity index (χ4v) is 4.12. The molecular weight excluding hydrogens is 280 g/mol. The molecule has 2 aromatic heterocycles. The normalized spacial score (nSPS) is 18.6. The summed E-state index contributed by atoms with van der Waals surface area (Å²) in [4.78, 5) is 13.5. The maximum Gasteiger partial charge on any atom is 0.162 e. The topological polar surface area (TPSA) is 32.3 Å². The third-order valence-corrected chi connectivity index (χ3v) is 5.02. The van der Waals surface area contributed by atoms with Crippen molar-refractivity contribution in [2.24, 2.45) is 0 Å². The van der Waals surface area contributed by atoms with E-state index in [0.29, 0.717) is 0 Å². The van der Waals surface area contributed by atoms with Crippen molar-refractivity contribution in [2.45, 2.75) is 12.6 Å². The molecular formula is C16H12N4S. The molecule has 1 aromatic carbocycles. The first-order valence-electron chi connectivity index (χ1n) is 6.93. The zero-order chi connectivity index (χ0) is 13.8. The van der Waals surface area contributed by atoms with Gasteiger partial charge in [0.15, 0.2) is 5.82 Å². The number of thiophene rings is 1. The van der Waals surface area contributed by atoms with E-state index >= 15 is 0 Å². The first kappa shape index (κ1) is 11.3. The summed E-state index contributed by atoms with van der Waals surface area (Å²) in [7, 11) is 0. The Balaban J connectivity index is 1.75. The van der Waals surface area contributed by atoms with E-state index < -0.39 is 0 Å². The van der Waals surface area contributed by atoms with Crippen LogP contribution < -0.4 is 9.80 Å². The molecule has 0 saturated carbocycles. The predicted octanol–water partition coefficient (Wildman–Crippen LogP) is 3.71. The van der Waals surface area contributed by atoms with Crippen molar-refractivity contribution in [3.05, 3.63) is 59.9 Å².